The summed E-state index contributed by atoms with van der Waals surface area (Å²) in [6.45, 7) is 0.347. The number of nitrogens with one attached hydrogen (secondary N) is 1. The maximum atomic E-state index is 13.4. The fourth-order valence-corrected chi connectivity index (χ4v) is 1.58. The molecule has 0 saturated carbocycles. The van der Waals surface area contributed by atoms with Gasteiger partial charge < -0.3 is 11.1 Å². The standard InChI is InChI=1S/C11H12ClFN2OS/c12-8-2-1-3-9(13)7(8)6-11(16)15-5-4-10(14)17/h1-3H,4-6H2,(H2,14,17)(H,15,16). The fourth-order valence-electron chi connectivity index (χ4n) is 1.25. The summed E-state index contributed by atoms with van der Waals surface area (Å²) in [4.78, 5) is 11.8. The van der Waals surface area contributed by atoms with Crippen molar-refractivity contribution in [2.75, 3.05) is 6.54 Å². The molecule has 17 heavy (non-hydrogen) atoms. The van der Waals surface area contributed by atoms with Gasteiger partial charge in [-0.3, -0.25) is 4.79 Å². The Morgan fingerprint density at radius 1 is 1.53 bits per heavy atom. The van der Waals surface area contributed by atoms with Crippen LogP contribution in [0.3, 0.4) is 0 Å². The van der Waals surface area contributed by atoms with E-state index in [1.807, 2.05) is 0 Å². The second-order valence-electron chi connectivity index (χ2n) is 3.44. The molecular formula is C11H12ClFN2OS. The van der Waals surface area contributed by atoms with Gasteiger partial charge in [0.15, 0.2) is 0 Å². The van der Waals surface area contributed by atoms with E-state index in [0.29, 0.717) is 18.0 Å². The number of thiocarbonyl (C=S) groups is 1. The van der Waals surface area contributed by atoms with Crippen molar-refractivity contribution in [2.24, 2.45) is 5.73 Å². The van der Waals surface area contributed by atoms with Gasteiger partial charge in [-0.1, -0.05) is 29.9 Å². The van der Waals surface area contributed by atoms with Crippen LogP contribution in [-0.2, 0) is 11.2 Å². The third-order valence-corrected chi connectivity index (χ3v) is 2.65. The number of carbonyl (C=O) groups is 1. The van der Waals surface area contributed by atoms with Gasteiger partial charge in [0.25, 0.3) is 0 Å². The van der Waals surface area contributed by atoms with Crippen LogP contribution >= 0.6 is 23.8 Å². The molecule has 1 aromatic carbocycles. The third kappa shape index (κ3) is 4.66. The molecule has 0 aromatic heterocycles. The van der Waals surface area contributed by atoms with Gasteiger partial charge in [0.1, 0.15) is 5.82 Å². The van der Waals surface area contributed by atoms with E-state index >= 15 is 0 Å². The van der Waals surface area contributed by atoms with E-state index in [-0.39, 0.29) is 22.9 Å². The zero-order chi connectivity index (χ0) is 12.8. The molecule has 92 valence electrons. The first-order chi connectivity index (χ1) is 8.00. The number of carbonyl (C=O) groups excluding carboxylic acids is 1. The number of halogens is 2. The first kappa shape index (κ1) is 13.9. The molecule has 1 amide bonds. The van der Waals surface area contributed by atoms with Crippen molar-refractivity contribution in [1.29, 1.82) is 0 Å². The van der Waals surface area contributed by atoms with Gasteiger partial charge in [-0.15, -0.1) is 0 Å². The molecule has 0 heterocycles. The minimum atomic E-state index is -0.484. The Hall–Kier alpha value is -1.20. The van der Waals surface area contributed by atoms with Crippen LogP contribution in [0.25, 0.3) is 0 Å². The second kappa shape index (κ2) is 6.51. The van der Waals surface area contributed by atoms with Crippen LogP contribution < -0.4 is 11.1 Å². The summed E-state index contributed by atoms with van der Waals surface area (Å²) in [7, 11) is 0. The van der Waals surface area contributed by atoms with Crippen molar-refractivity contribution >= 4 is 34.7 Å². The molecule has 0 atom stereocenters. The molecule has 0 unspecified atom stereocenters. The van der Waals surface area contributed by atoms with Crippen LogP contribution in [0.5, 0.6) is 0 Å². The van der Waals surface area contributed by atoms with E-state index in [1.165, 1.54) is 12.1 Å². The zero-order valence-corrected chi connectivity index (χ0v) is 10.6. The topological polar surface area (TPSA) is 55.1 Å². The average molecular weight is 275 g/mol. The van der Waals surface area contributed by atoms with Crippen molar-refractivity contribution in [2.45, 2.75) is 12.8 Å². The normalized spacial score (nSPS) is 10.0. The molecule has 0 spiro atoms. The summed E-state index contributed by atoms with van der Waals surface area (Å²) < 4.78 is 13.4. The molecule has 0 radical (unpaired) electrons. The van der Waals surface area contributed by atoms with Crippen molar-refractivity contribution in [3.05, 3.63) is 34.6 Å². The van der Waals surface area contributed by atoms with E-state index in [1.54, 1.807) is 6.07 Å². The van der Waals surface area contributed by atoms with Crippen LogP contribution in [0.1, 0.15) is 12.0 Å². The first-order valence-corrected chi connectivity index (χ1v) is 5.77. The minimum absolute atomic E-state index is 0.0944. The molecule has 0 fully saturated rings. The van der Waals surface area contributed by atoms with Crippen LogP contribution in [0.2, 0.25) is 5.02 Å². The highest BCUT2D eigenvalue weighted by molar-refractivity contribution is 7.80. The lowest BCUT2D eigenvalue weighted by Crippen LogP contribution is -2.28. The number of benzene rings is 1. The van der Waals surface area contributed by atoms with Gasteiger partial charge in [0.05, 0.1) is 11.4 Å². The van der Waals surface area contributed by atoms with Gasteiger partial charge in [-0.25, -0.2) is 4.39 Å². The van der Waals surface area contributed by atoms with E-state index in [4.69, 9.17) is 17.3 Å². The minimum Gasteiger partial charge on any atom is -0.393 e. The Labute approximate surface area is 109 Å². The number of amides is 1. The maximum absolute atomic E-state index is 13.4. The van der Waals surface area contributed by atoms with Crippen LogP contribution in [0.15, 0.2) is 18.2 Å². The Morgan fingerprint density at radius 3 is 2.82 bits per heavy atom. The Bertz CT molecular complexity index is 419. The molecule has 0 aliphatic heterocycles. The zero-order valence-electron chi connectivity index (χ0n) is 9.00. The molecule has 3 nitrogen and oxygen atoms in total. The number of nitrogens with two attached hydrogens (primary N) is 1. The molecular weight excluding hydrogens is 263 g/mol. The first-order valence-electron chi connectivity index (χ1n) is 4.98. The van der Waals surface area contributed by atoms with Crippen LogP contribution in [0, 0.1) is 5.82 Å². The SMILES string of the molecule is NC(=S)CCNC(=O)Cc1c(F)cccc1Cl. The summed E-state index contributed by atoms with van der Waals surface area (Å²) in [5.74, 6) is -0.796. The molecule has 1 aromatic rings. The number of hydrogen-bond donors (Lipinski definition) is 2. The highest BCUT2D eigenvalue weighted by Gasteiger charge is 2.11. The molecule has 6 heteroatoms. The van der Waals surface area contributed by atoms with Gasteiger partial charge in [-0.2, -0.15) is 0 Å². The van der Waals surface area contributed by atoms with Crippen molar-refractivity contribution in [3.63, 3.8) is 0 Å². The summed E-state index contributed by atoms with van der Waals surface area (Å²) >= 11 is 10.5. The maximum Gasteiger partial charge on any atom is 0.224 e. The summed E-state index contributed by atoms with van der Waals surface area (Å²) in [6.07, 6.45) is 0.328. The van der Waals surface area contributed by atoms with E-state index in [9.17, 15) is 9.18 Å². The van der Waals surface area contributed by atoms with E-state index in [2.05, 4.69) is 17.5 Å². The monoisotopic (exact) mass is 274 g/mol. The van der Waals surface area contributed by atoms with Crippen LogP contribution in [0.4, 0.5) is 4.39 Å². The smallest absolute Gasteiger partial charge is 0.224 e. The Morgan fingerprint density at radius 2 is 2.24 bits per heavy atom. The third-order valence-electron chi connectivity index (χ3n) is 2.09. The lowest BCUT2D eigenvalue weighted by atomic mass is 10.1. The Balaban J connectivity index is 2.53. The molecule has 3 N–H and O–H groups in total. The van der Waals surface area contributed by atoms with Crippen molar-refractivity contribution in [3.8, 4) is 0 Å². The van der Waals surface area contributed by atoms with E-state index < -0.39 is 5.82 Å². The largest absolute Gasteiger partial charge is 0.393 e. The van der Waals surface area contributed by atoms with Crippen molar-refractivity contribution < 1.29 is 9.18 Å². The quantitative estimate of drug-likeness (QED) is 0.805. The summed E-state index contributed by atoms with van der Waals surface area (Å²) in [6, 6.07) is 4.30. The van der Waals surface area contributed by atoms with E-state index in [0.717, 1.165) is 0 Å². The van der Waals surface area contributed by atoms with Gasteiger partial charge in [0, 0.05) is 23.6 Å². The van der Waals surface area contributed by atoms with Gasteiger partial charge in [-0.05, 0) is 12.1 Å². The molecule has 0 aliphatic rings. The number of rotatable bonds is 5. The lowest BCUT2D eigenvalue weighted by molar-refractivity contribution is -0.120. The average Bonchev–Trinajstić information content (AvgIpc) is 2.23. The number of hydrogen-bond acceptors (Lipinski definition) is 2. The Kier molecular flexibility index (Phi) is 5.31. The predicted molar refractivity (Wildman–Crippen MR) is 69.5 cm³/mol. The highest BCUT2D eigenvalue weighted by Crippen LogP contribution is 2.19. The van der Waals surface area contributed by atoms with Crippen LogP contribution in [-0.4, -0.2) is 17.4 Å². The highest BCUT2D eigenvalue weighted by atomic mass is 35.5. The van der Waals surface area contributed by atoms with Gasteiger partial charge in [0.2, 0.25) is 5.91 Å². The van der Waals surface area contributed by atoms with Gasteiger partial charge >= 0.3 is 0 Å². The summed E-state index contributed by atoms with van der Waals surface area (Å²) in [5.41, 5.74) is 5.47. The lowest BCUT2D eigenvalue weighted by Gasteiger charge is -2.07. The molecule has 1 rings (SSSR count). The summed E-state index contributed by atoms with van der Waals surface area (Å²) in [5, 5.41) is 2.83. The fraction of sp³-hybridized carbons (Fsp3) is 0.273. The predicted octanol–water partition coefficient (Wildman–Crippen LogP) is 1.81. The second-order valence-corrected chi connectivity index (χ2v) is 4.37. The van der Waals surface area contributed by atoms with Crippen molar-refractivity contribution in [1.82, 2.24) is 5.32 Å². The molecule has 0 aliphatic carbocycles. The molecule has 0 bridgehead atoms. The molecule has 0 saturated heterocycles.